The number of halogens is 1. The fourth-order valence-corrected chi connectivity index (χ4v) is 1.95. The van der Waals surface area contributed by atoms with Crippen LogP contribution in [0.3, 0.4) is 0 Å². The minimum atomic E-state index is 0.533. The van der Waals surface area contributed by atoms with Crippen molar-refractivity contribution in [3.8, 4) is 0 Å². The Balaban J connectivity index is 2.25. The van der Waals surface area contributed by atoms with E-state index in [4.69, 9.17) is 11.6 Å². The summed E-state index contributed by atoms with van der Waals surface area (Å²) >= 11 is 7.49. The van der Waals surface area contributed by atoms with Crippen molar-refractivity contribution in [2.24, 2.45) is 0 Å². The van der Waals surface area contributed by atoms with Crippen LogP contribution in [-0.4, -0.2) is 22.3 Å². The predicted octanol–water partition coefficient (Wildman–Crippen LogP) is 2.43. The first kappa shape index (κ1) is 9.09. The molecule has 5 heteroatoms. The van der Waals surface area contributed by atoms with Crippen molar-refractivity contribution in [3.05, 3.63) is 11.5 Å². The highest BCUT2D eigenvalue weighted by Gasteiger charge is 2.23. The fourth-order valence-electron chi connectivity index (χ4n) is 1.06. The Hall–Kier alpha value is -0.480. The predicted molar refractivity (Wildman–Crippen MR) is 55.5 cm³/mol. The molecule has 0 radical (unpaired) electrons. The van der Waals surface area contributed by atoms with E-state index in [9.17, 15) is 0 Å². The number of nitrogens with zero attached hydrogens (tertiary/aromatic N) is 2. The second kappa shape index (κ2) is 3.72. The smallest absolute Gasteiger partial charge is 0.148 e. The summed E-state index contributed by atoms with van der Waals surface area (Å²) in [5.74, 6) is 0.870. The Bertz CT molecular complexity index is 314. The molecule has 3 nitrogen and oxygen atoms in total. The minimum absolute atomic E-state index is 0.533. The summed E-state index contributed by atoms with van der Waals surface area (Å²) in [6.07, 6.45) is 5.93. The van der Waals surface area contributed by atoms with Crippen LogP contribution in [0.2, 0.25) is 5.15 Å². The number of hydrogen-bond acceptors (Lipinski definition) is 4. The van der Waals surface area contributed by atoms with Crippen molar-refractivity contribution < 1.29 is 0 Å². The second-order valence-electron chi connectivity index (χ2n) is 2.96. The monoisotopic (exact) mass is 215 g/mol. The standard InChI is InChI=1S/C8H10ClN3S/c1-13-6-7(9)10-4-11-8(6)12-5-2-3-5/h4-5H,2-3H2,1H3,(H,10,11,12). The van der Waals surface area contributed by atoms with Crippen molar-refractivity contribution in [2.75, 3.05) is 11.6 Å². The lowest BCUT2D eigenvalue weighted by atomic mass is 10.5. The Morgan fingerprint density at radius 3 is 2.92 bits per heavy atom. The molecule has 1 saturated carbocycles. The molecule has 1 aliphatic rings. The van der Waals surface area contributed by atoms with Crippen LogP contribution in [0.1, 0.15) is 12.8 Å². The maximum Gasteiger partial charge on any atom is 0.148 e. The van der Waals surface area contributed by atoms with E-state index < -0.39 is 0 Å². The van der Waals surface area contributed by atoms with Gasteiger partial charge in [-0.1, -0.05) is 11.6 Å². The number of aromatic nitrogens is 2. The van der Waals surface area contributed by atoms with Crippen molar-refractivity contribution in [2.45, 2.75) is 23.8 Å². The number of nitrogens with one attached hydrogen (secondary N) is 1. The zero-order valence-corrected chi connectivity index (χ0v) is 8.82. The average Bonchev–Trinajstić information content (AvgIpc) is 2.89. The molecule has 0 aliphatic heterocycles. The highest BCUT2D eigenvalue weighted by Crippen LogP contribution is 2.32. The van der Waals surface area contributed by atoms with Gasteiger partial charge in [-0.15, -0.1) is 11.8 Å². The van der Waals surface area contributed by atoms with E-state index in [1.54, 1.807) is 11.8 Å². The van der Waals surface area contributed by atoms with E-state index in [1.165, 1.54) is 19.2 Å². The molecule has 1 aromatic heterocycles. The average molecular weight is 216 g/mol. The Kier molecular flexibility index (Phi) is 2.60. The third-order valence-electron chi connectivity index (χ3n) is 1.88. The summed E-state index contributed by atoms with van der Waals surface area (Å²) in [5.41, 5.74) is 0. The van der Waals surface area contributed by atoms with Gasteiger partial charge < -0.3 is 5.32 Å². The van der Waals surface area contributed by atoms with E-state index in [0.717, 1.165) is 10.7 Å². The first-order valence-corrected chi connectivity index (χ1v) is 5.72. The zero-order valence-electron chi connectivity index (χ0n) is 7.25. The number of anilines is 1. The quantitative estimate of drug-likeness (QED) is 0.621. The van der Waals surface area contributed by atoms with Gasteiger partial charge >= 0.3 is 0 Å². The van der Waals surface area contributed by atoms with Crippen LogP contribution in [0.15, 0.2) is 11.2 Å². The Morgan fingerprint density at radius 2 is 2.31 bits per heavy atom. The van der Waals surface area contributed by atoms with E-state index in [0.29, 0.717) is 11.2 Å². The lowest BCUT2D eigenvalue weighted by Crippen LogP contribution is -2.05. The molecule has 1 aliphatic carbocycles. The Labute approximate surface area is 86.3 Å². The lowest BCUT2D eigenvalue weighted by Gasteiger charge is -2.08. The molecule has 0 aromatic carbocycles. The fraction of sp³-hybridized carbons (Fsp3) is 0.500. The molecule has 13 heavy (non-hydrogen) atoms. The summed E-state index contributed by atoms with van der Waals surface area (Å²) < 4.78 is 0. The van der Waals surface area contributed by atoms with Gasteiger partial charge in [-0.05, 0) is 19.1 Å². The second-order valence-corrected chi connectivity index (χ2v) is 4.14. The van der Waals surface area contributed by atoms with Crippen molar-refractivity contribution in [3.63, 3.8) is 0 Å². The molecule has 0 atom stereocenters. The molecule has 1 heterocycles. The topological polar surface area (TPSA) is 37.8 Å². The van der Waals surface area contributed by atoms with Crippen LogP contribution in [0.5, 0.6) is 0 Å². The summed E-state index contributed by atoms with van der Waals surface area (Å²) in [5, 5.41) is 3.85. The molecular weight excluding hydrogens is 206 g/mol. The van der Waals surface area contributed by atoms with Crippen LogP contribution in [0.4, 0.5) is 5.82 Å². The molecule has 1 aromatic rings. The molecule has 0 unspecified atom stereocenters. The molecule has 0 amide bonds. The van der Waals surface area contributed by atoms with Gasteiger partial charge in [0.2, 0.25) is 0 Å². The third kappa shape index (κ3) is 2.06. The number of rotatable bonds is 3. The molecule has 1 N–H and O–H groups in total. The SMILES string of the molecule is CSc1c(Cl)ncnc1NC1CC1. The molecule has 0 saturated heterocycles. The molecule has 2 rings (SSSR count). The molecular formula is C8H10ClN3S. The van der Waals surface area contributed by atoms with Gasteiger partial charge in [-0.2, -0.15) is 0 Å². The molecule has 0 spiro atoms. The maximum absolute atomic E-state index is 5.92. The van der Waals surface area contributed by atoms with Crippen LogP contribution >= 0.6 is 23.4 Å². The highest BCUT2D eigenvalue weighted by atomic mass is 35.5. The zero-order chi connectivity index (χ0) is 9.26. The molecule has 0 bridgehead atoms. The molecule has 70 valence electrons. The van der Waals surface area contributed by atoms with Gasteiger partial charge in [0.05, 0.1) is 4.90 Å². The summed E-state index contributed by atoms with van der Waals surface area (Å²) in [6.45, 7) is 0. The van der Waals surface area contributed by atoms with Gasteiger partial charge in [0.15, 0.2) is 0 Å². The van der Waals surface area contributed by atoms with E-state index >= 15 is 0 Å². The molecule has 1 fully saturated rings. The van der Waals surface area contributed by atoms with E-state index in [1.807, 2.05) is 6.26 Å². The Morgan fingerprint density at radius 1 is 1.54 bits per heavy atom. The minimum Gasteiger partial charge on any atom is -0.366 e. The van der Waals surface area contributed by atoms with Crippen LogP contribution in [0.25, 0.3) is 0 Å². The van der Waals surface area contributed by atoms with Crippen molar-refractivity contribution in [1.29, 1.82) is 0 Å². The van der Waals surface area contributed by atoms with Gasteiger partial charge in [-0.25, -0.2) is 9.97 Å². The van der Waals surface area contributed by atoms with Crippen molar-refractivity contribution in [1.82, 2.24) is 9.97 Å². The highest BCUT2D eigenvalue weighted by molar-refractivity contribution is 7.98. The first-order chi connectivity index (χ1) is 6.31. The largest absolute Gasteiger partial charge is 0.366 e. The lowest BCUT2D eigenvalue weighted by molar-refractivity contribution is 1.04. The summed E-state index contributed by atoms with van der Waals surface area (Å²) in [7, 11) is 0. The first-order valence-electron chi connectivity index (χ1n) is 4.12. The maximum atomic E-state index is 5.92. The number of hydrogen-bond donors (Lipinski definition) is 1. The van der Waals surface area contributed by atoms with Crippen molar-refractivity contribution >= 4 is 29.2 Å². The van der Waals surface area contributed by atoms with Gasteiger partial charge in [-0.3, -0.25) is 0 Å². The van der Waals surface area contributed by atoms with Crippen LogP contribution in [0, 0.1) is 0 Å². The summed E-state index contributed by atoms with van der Waals surface area (Å²) in [4.78, 5) is 9.04. The van der Waals surface area contributed by atoms with E-state index in [-0.39, 0.29) is 0 Å². The van der Waals surface area contributed by atoms with Crippen LogP contribution < -0.4 is 5.32 Å². The van der Waals surface area contributed by atoms with Gasteiger partial charge in [0.25, 0.3) is 0 Å². The number of thioether (sulfide) groups is 1. The third-order valence-corrected chi connectivity index (χ3v) is 3.08. The van der Waals surface area contributed by atoms with Crippen LogP contribution in [-0.2, 0) is 0 Å². The van der Waals surface area contributed by atoms with E-state index in [2.05, 4.69) is 15.3 Å². The van der Waals surface area contributed by atoms with Gasteiger partial charge in [0.1, 0.15) is 17.3 Å². The normalized spacial score (nSPS) is 15.8. The summed E-state index contributed by atoms with van der Waals surface area (Å²) in [6, 6.07) is 0.594. The van der Waals surface area contributed by atoms with Gasteiger partial charge in [0, 0.05) is 6.04 Å².